The molecule has 8 heteroatoms. The Morgan fingerprint density at radius 2 is 1.46 bits per heavy atom. The summed E-state index contributed by atoms with van der Waals surface area (Å²) in [6.45, 7) is 5.82. The molecule has 39 heavy (non-hydrogen) atoms. The molecular weight excluding hydrogens is 494 g/mol. The number of ether oxygens (including phenoxy) is 1. The van der Waals surface area contributed by atoms with Crippen LogP contribution in [0.3, 0.4) is 0 Å². The predicted molar refractivity (Wildman–Crippen MR) is 150 cm³/mol. The van der Waals surface area contributed by atoms with Gasteiger partial charge in [-0.25, -0.2) is 10.7 Å². The molecule has 8 nitrogen and oxygen atoms in total. The highest BCUT2D eigenvalue weighted by molar-refractivity contribution is 5.97. The van der Waals surface area contributed by atoms with E-state index in [2.05, 4.69) is 39.7 Å². The molecule has 0 fully saturated rings. The molecule has 3 aromatic rings. The van der Waals surface area contributed by atoms with Crippen molar-refractivity contribution >= 4 is 23.5 Å². The molecule has 1 aliphatic rings. The van der Waals surface area contributed by atoms with Crippen molar-refractivity contribution in [1.29, 1.82) is 0 Å². The Morgan fingerprint density at radius 3 is 2.03 bits per heavy atom. The second-order valence-corrected chi connectivity index (χ2v) is 10.3. The molecule has 2 atom stereocenters. The number of anilines is 1. The number of nitrogens with two attached hydrogens (primary N) is 1. The summed E-state index contributed by atoms with van der Waals surface area (Å²) in [4.78, 5) is 43.2. The fourth-order valence-corrected chi connectivity index (χ4v) is 4.95. The second kappa shape index (κ2) is 12.7. The number of carbonyl (C=O) groups is 3. The molecule has 0 spiro atoms. The summed E-state index contributed by atoms with van der Waals surface area (Å²) in [5.41, 5.74) is 6.00. The molecule has 204 valence electrons. The first-order valence-corrected chi connectivity index (χ1v) is 13.1. The van der Waals surface area contributed by atoms with Gasteiger partial charge in [-0.1, -0.05) is 81.4 Å². The smallest absolute Gasteiger partial charge is 0.407 e. The highest BCUT2D eigenvalue weighted by Gasteiger charge is 2.31. The number of fused-ring (bicyclic) bond motifs is 3. The van der Waals surface area contributed by atoms with E-state index in [9.17, 15) is 14.4 Å². The topological polar surface area (TPSA) is 120 Å². The Morgan fingerprint density at radius 1 is 0.872 bits per heavy atom. The maximum absolute atomic E-state index is 13.1. The minimum atomic E-state index is -0.772. The first-order chi connectivity index (χ1) is 18.8. The molecule has 0 heterocycles. The average Bonchev–Trinajstić information content (AvgIpc) is 3.25. The zero-order valence-corrected chi connectivity index (χ0v) is 22.5. The van der Waals surface area contributed by atoms with Crippen LogP contribution in [0.2, 0.25) is 0 Å². The van der Waals surface area contributed by atoms with Crippen molar-refractivity contribution in [2.45, 2.75) is 45.8 Å². The van der Waals surface area contributed by atoms with Gasteiger partial charge in [-0.15, -0.1) is 0 Å². The summed E-state index contributed by atoms with van der Waals surface area (Å²) < 4.78 is 5.63. The van der Waals surface area contributed by atoms with Crippen LogP contribution in [-0.2, 0) is 25.8 Å². The van der Waals surface area contributed by atoms with Crippen LogP contribution in [0.4, 0.5) is 10.5 Å². The standard InChI is InChI=1S/C31H35N3O5/c1-19(2)29(28(35)16-20(3)30(36)33-22-14-12-21(13-15-22)17-39-32)34-31(37)38-18-27-25-10-6-4-8-23(25)24-9-5-7-11-26(24)27/h4-15,19-20,27,29H,16-18,32H2,1-3H3,(H,33,36)(H,34,37)/t20-,29+/m1/s1. The van der Waals surface area contributed by atoms with E-state index in [-0.39, 0.29) is 43.2 Å². The Kier molecular flexibility index (Phi) is 9.11. The van der Waals surface area contributed by atoms with Gasteiger partial charge in [0.25, 0.3) is 0 Å². The largest absolute Gasteiger partial charge is 0.449 e. The highest BCUT2D eigenvalue weighted by Crippen LogP contribution is 2.44. The maximum Gasteiger partial charge on any atom is 0.407 e. The SMILES string of the molecule is CC(C)[C@H](NC(=O)OCC1c2ccccc2-c2ccccc21)C(=O)C[C@@H](C)C(=O)Nc1ccc(CON)cc1. The minimum Gasteiger partial charge on any atom is -0.449 e. The van der Waals surface area contributed by atoms with E-state index < -0.39 is 18.1 Å². The van der Waals surface area contributed by atoms with E-state index >= 15 is 0 Å². The summed E-state index contributed by atoms with van der Waals surface area (Å²) in [5.74, 6) is 3.74. The van der Waals surface area contributed by atoms with Gasteiger partial charge in [-0.2, -0.15) is 0 Å². The molecule has 4 N–H and O–H groups in total. The summed E-state index contributed by atoms with van der Waals surface area (Å²) in [6, 6.07) is 22.5. The molecule has 3 aromatic carbocycles. The van der Waals surface area contributed by atoms with E-state index in [4.69, 9.17) is 10.6 Å². The Labute approximate surface area is 228 Å². The van der Waals surface area contributed by atoms with Crippen LogP contribution in [0.25, 0.3) is 11.1 Å². The van der Waals surface area contributed by atoms with E-state index in [1.54, 1.807) is 31.2 Å². The van der Waals surface area contributed by atoms with Crippen LogP contribution in [0, 0.1) is 11.8 Å². The molecular formula is C31H35N3O5. The lowest BCUT2D eigenvalue weighted by Gasteiger charge is -2.23. The fraction of sp³-hybridized carbons (Fsp3) is 0.323. The summed E-state index contributed by atoms with van der Waals surface area (Å²) in [6.07, 6.45) is -0.667. The number of carbonyl (C=O) groups excluding carboxylic acids is 3. The molecule has 0 saturated carbocycles. The normalized spacial score (nSPS) is 13.8. The number of benzene rings is 3. The van der Waals surface area contributed by atoms with Crippen molar-refractivity contribution in [3.8, 4) is 11.1 Å². The van der Waals surface area contributed by atoms with Crippen LogP contribution < -0.4 is 16.5 Å². The zero-order chi connectivity index (χ0) is 27.9. The number of nitrogens with one attached hydrogen (secondary N) is 2. The van der Waals surface area contributed by atoms with Gasteiger partial charge in [0.15, 0.2) is 5.78 Å². The van der Waals surface area contributed by atoms with E-state index in [0.29, 0.717) is 5.69 Å². The zero-order valence-electron chi connectivity index (χ0n) is 22.5. The van der Waals surface area contributed by atoms with Crippen molar-refractivity contribution in [3.63, 3.8) is 0 Å². The van der Waals surface area contributed by atoms with Crippen molar-refractivity contribution in [3.05, 3.63) is 89.5 Å². The van der Waals surface area contributed by atoms with E-state index in [1.165, 1.54) is 0 Å². The lowest BCUT2D eigenvalue weighted by Crippen LogP contribution is -2.45. The number of alkyl carbamates (subject to hydrolysis) is 1. The first kappa shape index (κ1) is 28.0. The highest BCUT2D eigenvalue weighted by atomic mass is 16.6. The van der Waals surface area contributed by atoms with Crippen molar-refractivity contribution in [2.24, 2.45) is 17.7 Å². The third-order valence-electron chi connectivity index (χ3n) is 7.06. The number of amides is 2. The third kappa shape index (κ3) is 6.71. The maximum atomic E-state index is 13.1. The number of rotatable bonds is 11. The lowest BCUT2D eigenvalue weighted by molar-refractivity contribution is -0.127. The molecule has 0 aliphatic heterocycles. The van der Waals surface area contributed by atoms with E-state index in [0.717, 1.165) is 27.8 Å². The number of hydrogen-bond donors (Lipinski definition) is 3. The number of Topliss-reactive ketones (excluding diaryl/α,β-unsaturated/α-hetero) is 1. The summed E-state index contributed by atoms with van der Waals surface area (Å²) in [7, 11) is 0. The molecule has 0 radical (unpaired) electrons. The van der Waals surface area contributed by atoms with Gasteiger partial charge in [-0.05, 0) is 45.9 Å². The van der Waals surface area contributed by atoms with Gasteiger partial charge >= 0.3 is 6.09 Å². The number of ketones is 1. The van der Waals surface area contributed by atoms with E-state index in [1.807, 2.05) is 38.1 Å². The van der Waals surface area contributed by atoms with Gasteiger partial charge in [0.05, 0.1) is 12.6 Å². The van der Waals surface area contributed by atoms with Crippen molar-refractivity contribution in [2.75, 3.05) is 11.9 Å². The van der Waals surface area contributed by atoms with Gasteiger partial charge in [0, 0.05) is 23.9 Å². The Balaban J connectivity index is 1.32. The minimum absolute atomic E-state index is 0.0164. The van der Waals surface area contributed by atoms with Gasteiger partial charge < -0.3 is 15.4 Å². The van der Waals surface area contributed by atoms with Crippen LogP contribution >= 0.6 is 0 Å². The summed E-state index contributed by atoms with van der Waals surface area (Å²) >= 11 is 0. The van der Waals surface area contributed by atoms with Crippen molar-refractivity contribution in [1.82, 2.24) is 5.32 Å². The quantitative estimate of drug-likeness (QED) is 0.295. The van der Waals surface area contributed by atoms with Gasteiger partial charge in [0.2, 0.25) is 5.91 Å². The average molecular weight is 530 g/mol. The molecule has 0 unspecified atom stereocenters. The summed E-state index contributed by atoms with van der Waals surface area (Å²) in [5, 5.41) is 5.55. The lowest BCUT2D eigenvalue weighted by atomic mass is 9.93. The molecule has 4 rings (SSSR count). The van der Waals surface area contributed by atoms with Crippen LogP contribution in [0.5, 0.6) is 0 Å². The fourth-order valence-electron chi connectivity index (χ4n) is 4.95. The van der Waals surface area contributed by atoms with Gasteiger partial charge in [-0.3, -0.25) is 14.4 Å². The monoisotopic (exact) mass is 529 g/mol. The molecule has 1 aliphatic carbocycles. The molecule has 0 bridgehead atoms. The van der Waals surface area contributed by atoms with Crippen LogP contribution in [0.15, 0.2) is 72.8 Å². The van der Waals surface area contributed by atoms with Crippen molar-refractivity contribution < 1.29 is 24.0 Å². The first-order valence-electron chi connectivity index (χ1n) is 13.1. The molecule has 2 amide bonds. The Bertz CT molecular complexity index is 1280. The Hall–Kier alpha value is -4.01. The molecule has 0 aromatic heterocycles. The van der Waals surface area contributed by atoms with Crippen LogP contribution in [-0.4, -0.2) is 30.4 Å². The second-order valence-electron chi connectivity index (χ2n) is 10.3. The molecule has 0 saturated heterocycles. The van der Waals surface area contributed by atoms with Gasteiger partial charge in [0.1, 0.15) is 6.61 Å². The van der Waals surface area contributed by atoms with Crippen LogP contribution in [0.1, 0.15) is 49.8 Å². The number of hydrogen-bond acceptors (Lipinski definition) is 6. The third-order valence-corrected chi connectivity index (χ3v) is 7.06. The predicted octanol–water partition coefficient (Wildman–Crippen LogP) is 5.17.